The van der Waals surface area contributed by atoms with Gasteiger partial charge in [0.25, 0.3) is 0 Å². The number of hydrogen-bond acceptors (Lipinski definition) is 8. The molecule has 0 radical (unpaired) electrons. The highest BCUT2D eigenvalue weighted by Gasteiger charge is 2.46. The minimum Gasteiger partial charge on any atom is -0.480 e. The maximum absolute atomic E-state index is 10.5. The Morgan fingerprint density at radius 2 is 1.48 bits per heavy atom. The molecule has 0 saturated carbocycles. The van der Waals surface area contributed by atoms with Crippen molar-refractivity contribution < 1.29 is 24.7 Å². The Morgan fingerprint density at radius 3 is 1.81 bits per heavy atom. The van der Waals surface area contributed by atoms with Crippen molar-refractivity contribution in [3.05, 3.63) is 10.1 Å². The maximum Gasteiger partial charge on any atom is 0.398 e. The van der Waals surface area contributed by atoms with Crippen molar-refractivity contribution in [1.82, 2.24) is 0 Å². The van der Waals surface area contributed by atoms with Crippen molar-refractivity contribution in [2.45, 2.75) is 37.4 Å². The zero-order chi connectivity index (χ0) is 21.6. The van der Waals surface area contributed by atoms with E-state index in [1.165, 1.54) is 0 Å². The van der Waals surface area contributed by atoms with Crippen molar-refractivity contribution in [1.29, 1.82) is 0 Å². The highest BCUT2D eigenvalue weighted by Crippen LogP contribution is 2.10. The third-order valence-corrected chi connectivity index (χ3v) is 2.99. The molecule has 0 amide bonds. The molecule has 14 N–H and O–H groups in total. The second-order valence-electron chi connectivity index (χ2n) is 5.29. The first-order chi connectivity index (χ1) is 12.3. The minimum atomic E-state index is -2.47. The van der Waals surface area contributed by atoms with Crippen molar-refractivity contribution in [2.24, 2.45) is 44.4 Å². The predicted octanol–water partition coefficient (Wildman–Crippen LogP) is -3.49. The molecule has 156 valence electrons. The van der Waals surface area contributed by atoms with Gasteiger partial charge in [-0.25, -0.2) is 4.79 Å². The number of carboxylic acids is 2. The fourth-order valence-electron chi connectivity index (χ4n) is 1.48. The number of aliphatic carboxylic acids is 2. The summed E-state index contributed by atoms with van der Waals surface area (Å²) < 4.78 is 0. The number of carbonyl (C=O) groups is 2. The molecule has 0 unspecified atom stereocenters. The highest BCUT2D eigenvalue weighted by atomic mass is 16.6. The molecule has 0 aliphatic rings. The maximum atomic E-state index is 10.5. The summed E-state index contributed by atoms with van der Waals surface area (Å²) in [5.74, 6) is -2.83. The summed E-state index contributed by atoms with van der Waals surface area (Å²) in [5.41, 5.74) is 28.0. The standard InChI is InChI=1S/C6H13N5O4.C6H14N4O2/c7-5(8)10-3-1-2-6(9,4(12)13)11(14)15;7-4(5(11)12)2-1-3-10-6(8)9/h1-3,9H2,(H,12,13)(H4,7,8,10);4H,1-3,7H2,(H,11,12)(H4,8,9,10)/t6-;4-/m10/s1. The molecule has 15 nitrogen and oxygen atoms in total. The molecule has 0 aromatic heterocycles. The van der Waals surface area contributed by atoms with E-state index >= 15 is 0 Å². The molecule has 0 aliphatic carbocycles. The summed E-state index contributed by atoms with van der Waals surface area (Å²) in [7, 11) is 0. The van der Waals surface area contributed by atoms with Crippen LogP contribution in [0.4, 0.5) is 0 Å². The number of guanidine groups is 2. The normalized spacial score (nSPS) is 13.1. The fraction of sp³-hybridized carbons (Fsp3) is 0.667. The summed E-state index contributed by atoms with van der Waals surface area (Å²) in [6, 6.07) is -0.820. The van der Waals surface area contributed by atoms with Crippen LogP contribution in [0.25, 0.3) is 0 Å². The van der Waals surface area contributed by atoms with Crippen LogP contribution in [-0.2, 0) is 9.59 Å². The number of rotatable bonds is 11. The van der Waals surface area contributed by atoms with Gasteiger partial charge in [0.2, 0.25) is 0 Å². The van der Waals surface area contributed by atoms with Gasteiger partial charge in [0.1, 0.15) is 6.04 Å². The lowest BCUT2D eigenvalue weighted by molar-refractivity contribution is -0.555. The van der Waals surface area contributed by atoms with Gasteiger partial charge in [-0.15, -0.1) is 0 Å². The molecule has 0 spiro atoms. The number of carboxylic acid groups (broad SMARTS) is 2. The molecule has 0 saturated heterocycles. The van der Waals surface area contributed by atoms with Crippen LogP contribution in [0.5, 0.6) is 0 Å². The average molecular weight is 393 g/mol. The number of nitro groups is 1. The van der Waals surface area contributed by atoms with E-state index < -0.39 is 28.6 Å². The van der Waals surface area contributed by atoms with Crippen LogP contribution in [0, 0.1) is 10.1 Å². The Morgan fingerprint density at radius 1 is 1.04 bits per heavy atom. The summed E-state index contributed by atoms with van der Waals surface area (Å²) in [4.78, 5) is 37.4. The topological polar surface area (TPSA) is 299 Å². The lowest BCUT2D eigenvalue weighted by Gasteiger charge is -2.14. The average Bonchev–Trinajstić information content (AvgIpc) is 2.54. The van der Waals surface area contributed by atoms with Crippen molar-refractivity contribution >= 4 is 23.9 Å². The summed E-state index contributed by atoms with van der Waals surface area (Å²) in [6.45, 7) is 0.520. The predicted molar refractivity (Wildman–Crippen MR) is 97.0 cm³/mol. The largest absolute Gasteiger partial charge is 0.480 e. The van der Waals surface area contributed by atoms with E-state index in [0.717, 1.165) is 0 Å². The second-order valence-corrected chi connectivity index (χ2v) is 5.29. The Kier molecular flexibility index (Phi) is 12.6. The van der Waals surface area contributed by atoms with Gasteiger partial charge in [-0.3, -0.25) is 30.6 Å². The number of hydrogen-bond donors (Lipinski definition) is 8. The van der Waals surface area contributed by atoms with Crippen LogP contribution in [0.1, 0.15) is 25.7 Å². The van der Waals surface area contributed by atoms with E-state index in [0.29, 0.717) is 19.4 Å². The Bertz CT molecular complexity index is 544. The summed E-state index contributed by atoms with van der Waals surface area (Å²) in [6.07, 6.45) is 0.727. The first-order valence-electron chi connectivity index (χ1n) is 7.60. The molecule has 0 rings (SSSR count). The highest BCUT2D eigenvalue weighted by molar-refractivity contribution is 5.76. The monoisotopic (exact) mass is 393 g/mol. The Hall–Kier alpha value is -3.20. The Labute approximate surface area is 154 Å². The molecule has 0 fully saturated rings. The van der Waals surface area contributed by atoms with E-state index in [-0.39, 0.29) is 31.3 Å². The van der Waals surface area contributed by atoms with E-state index in [2.05, 4.69) is 9.98 Å². The van der Waals surface area contributed by atoms with E-state index in [9.17, 15) is 19.7 Å². The van der Waals surface area contributed by atoms with Crippen molar-refractivity contribution in [3.8, 4) is 0 Å². The summed E-state index contributed by atoms with van der Waals surface area (Å²) in [5, 5.41) is 27.3. The van der Waals surface area contributed by atoms with E-state index in [1.807, 2.05) is 0 Å². The van der Waals surface area contributed by atoms with Gasteiger partial charge in [-0.1, -0.05) is 0 Å². The molecular weight excluding hydrogens is 366 g/mol. The van der Waals surface area contributed by atoms with Crippen LogP contribution < -0.4 is 34.4 Å². The molecule has 0 bridgehead atoms. The van der Waals surface area contributed by atoms with Crippen LogP contribution in [0.2, 0.25) is 0 Å². The molecule has 27 heavy (non-hydrogen) atoms. The number of nitrogens with two attached hydrogens (primary N) is 6. The molecule has 0 aliphatic heterocycles. The quantitative estimate of drug-likeness (QED) is 0.0423. The number of nitrogens with zero attached hydrogens (tertiary/aromatic N) is 3. The zero-order valence-electron chi connectivity index (χ0n) is 14.7. The molecule has 2 atom stereocenters. The third-order valence-electron chi connectivity index (χ3n) is 2.99. The lowest BCUT2D eigenvalue weighted by Crippen LogP contribution is -2.54. The van der Waals surface area contributed by atoms with Crippen LogP contribution in [0.15, 0.2) is 9.98 Å². The summed E-state index contributed by atoms with van der Waals surface area (Å²) >= 11 is 0. The molecule has 0 heterocycles. The smallest absolute Gasteiger partial charge is 0.398 e. The van der Waals surface area contributed by atoms with Gasteiger partial charge in [0, 0.05) is 19.5 Å². The van der Waals surface area contributed by atoms with E-state index in [4.69, 9.17) is 44.6 Å². The fourth-order valence-corrected chi connectivity index (χ4v) is 1.48. The van der Waals surface area contributed by atoms with Gasteiger partial charge in [-0.05, 0) is 19.3 Å². The SMILES string of the molecule is NC(N)=NCCC[C@H](N)C(=O)O.NC(N)=NCCC[C@](N)(C(=O)O)[N+](=O)[O-]. The first kappa shape index (κ1) is 26.0. The minimum absolute atomic E-state index is 0.0129. The van der Waals surface area contributed by atoms with E-state index in [1.54, 1.807) is 0 Å². The lowest BCUT2D eigenvalue weighted by atomic mass is 10.1. The van der Waals surface area contributed by atoms with Gasteiger partial charge in [0.15, 0.2) is 11.9 Å². The molecular formula is C12H27N9O6. The van der Waals surface area contributed by atoms with Crippen LogP contribution in [0.3, 0.4) is 0 Å². The van der Waals surface area contributed by atoms with Crippen LogP contribution in [-0.4, -0.2) is 63.8 Å². The zero-order valence-corrected chi connectivity index (χ0v) is 14.7. The third kappa shape index (κ3) is 12.8. The van der Waals surface area contributed by atoms with Gasteiger partial charge >= 0.3 is 17.6 Å². The Balaban J connectivity index is 0. The molecule has 15 heteroatoms. The molecule has 0 aromatic carbocycles. The number of aliphatic imine (C=N–C) groups is 2. The van der Waals surface area contributed by atoms with Crippen LogP contribution >= 0.6 is 0 Å². The molecule has 0 aromatic rings. The van der Waals surface area contributed by atoms with Gasteiger partial charge in [0.05, 0.1) is 4.92 Å². The first-order valence-corrected chi connectivity index (χ1v) is 7.60. The van der Waals surface area contributed by atoms with Gasteiger partial charge < -0.3 is 38.9 Å². The van der Waals surface area contributed by atoms with Gasteiger partial charge in [-0.2, -0.15) is 0 Å². The van der Waals surface area contributed by atoms with Crippen molar-refractivity contribution in [3.63, 3.8) is 0 Å². The second kappa shape index (κ2) is 13.1. The van der Waals surface area contributed by atoms with Crippen molar-refractivity contribution in [2.75, 3.05) is 13.1 Å².